The summed E-state index contributed by atoms with van der Waals surface area (Å²) < 4.78 is 8.11. The van der Waals surface area contributed by atoms with Crippen LogP contribution in [0.2, 0.25) is 0 Å². The predicted octanol–water partition coefficient (Wildman–Crippen LogP) is 3.04. The van der Waals surface area contributed by atoms with Crippen LogP contribution < -0.4 is 11.2 Å². The van der Waals surface area contributed by atoms with Crippen molar-refractivity contribution in [1.29, 1.82) is 5.26 Å². The molecule has 6 heteroatoms. The Balaban J connectivity index is 2.23. The molecule has 0 atom stereocenters. The molecule has 0 fully saturated rings. The lowest BCUT2D eigenvalue weighted by molar-refractivity contribution is 0.641. The van der Waals surface area contributed by atoms with Crippen molar-refractivity contribution in [2.45, 2.75) is 20.4 Å². The smallest absolute Gasteiger partial charge is 0.337 e. The molecule has 0 aliphatic heterocycles. The Labute approximate surface area is 148 Å². The Bertz CT molecular complexity index is 1310. The van der Waals surface area contributed by atoms with Gasteiger partial charge in [0.2, 0.25) is 5.58 Å². The van der Waals surface area contributed by atoms with E-state index in [4.69, 9.17) is 4.42 Å². The van der Waals surface area contributed by atoms with Gasteiger partial charge in [0, 0.05) is 5.39 Å². The molecule has 0 unspecified atom stereocenters. The lowest BCUT2D eigenvalue weighted by Gasteiger charge is -2.11. The lowest BCUT2D eigenvalue weighted by Crippen LogP contribution is -2.38. The van der Waals surface area contributed by atoms with E-state index in [1.807, 2.05) is 26.0 Å². The third-order valence-corrected chi connectivity index (χ3v) is 4.35. The van der Waals surface area contributed by atoms with E-state index in [1.54, 1.807) is 36.4 Å². The van der Waals surface area contributed by atoms with Crippen LogP contribution in [-0.2, 0) is 6.54 Å². The molecular weight excluding hydrogens is 330 g/mol. The summed E-state index contributed by atoms with van der Waals surface area (Å²) in [6.07, 6.45) is 0. The van der Waals surface area contributed by atoms with Gasteiger partial charge >= 0.3 is 11.2 Å². The number of para-hydroxylation sites is 1. The van der Waals surface area contributed by atoms with Crippen molar-refractivity contribution < 1.29 is 4.42 Å². The number of rotatable bonds is 2. The molecular formula is C20H15N3O3. The predicted molar refractivity (Wildman–Crippen MR) is 98.7 cm³/mol. The zero-order chi connectivity index (χ0) is 18.4. The summed E-state index contributed by atoms with van der Waals surface area (Å²) in [5.74, 6) is 0. The van der Waals surface area contributed by atoms with Gasteiger partial charge in [0.05, 0.1) is 11.8 Å². The third-order valence-electron chi connectivity index (χ3n) is 4.35. The van der Waals surface area contributed by atoms with Crippen LogP contribution in [-0.4, -0.2) is 9.13 Å². The van der Waals surface area contributed by atoms with Gasteiger partial charge in [-0.25, -0.2) is 9.36 Å². The van der Waals surface area contributed by atoms with E-state index in [2.05, 4.69) is 0 Å². The minimum Gasteiger partial charge on any atom is -0.449 e. The molecule has 0 radical (unpaired) electrons. The van der Waals surface area contributed by atoms with E-state index < -0.39 is 11.2 Å². The number of benzene rings is 2. The number of hydrogen-bond acceptors (Lipinski definition) is 4. The van der Waals surface area contributed by atoms with Crippen LogP contribution in [0.4, 0.5) is 0 Å². The molecule has 2 aromatic carbocycles. The molecule has 0 saturated heterocycles. The maximum absolute atomic E-state index is 13.1. The zero-order valence-electron chi connectivity index (χ0n) is 14.3. The first-order valence-electron chi connectivity index (χ1n) is 8.14. The monoisotopic (exact) mass is 345 g/mol. The number of nitriles is 1. The molecule has 2 heterocycles. The maximum Gasteiger partial charge on any atom is 0.337 e. The van der Waals surface area contributed by atoms with Crippen LogP contribution in [0.3, 0.4) is 0 Å². The average Bonchev–Trinajstić information content (AvgIpc) is 2.98. The Morgan fingerprint density at radius 2 is 1.77 bits per heavy atom. The molecule has 4 aromatic rings. The van der Waals surface area contributed by atoms with Gasteiger partial charge < -0.3 is 4.42 Å². The second kappa shape index (κ2) is 5.74. The Morgan fingerprint density at radius 3 is 2.46 bits per heavy atom. The fourth-order valence-electron chi connectivity index (χ4n) is 3.37. The summed E-state index contributed by atoms with van der Waals surface area (Å²) in [5, 5.41) is 9.84. The fraction of sp³-hybridized carbons (Fsp3) is 0.150. The minimum atomic E-state index is -0.555. The van der Waals surface area contributed by atoms with Gasteiger partial charge in [-0.05, 0) is 49.2 Å². The molecule has 128 valence electrons. The fourth-order valence-corrected chi connectivity index (χ4v) is 3.37. The Morgan fingerprint density at radius 1 is 1.08 bits per heavy atom. The molecule has 26 heavy (non-hydrogen) atoms. The summed E-state index contributed by atoms with van der Waals surface area (Å²) in [5.41, 5.74) is 2.18. The van der Waals surface area contributed by atoms with Gasteiger partial charge in [0.25, 0.3) is 0 Å². The zero-order valence-corrected chi connectivity index (χ0v) is 14.3. The van der Waals surface area contributed by atoms with Crippen LogP contribution in [0.15, 0.2) is 56.5 Å². The second-order valence-corrected chi connectivity index (χ2v) is 6.29. The molecule has 6 nitrogen and oxygen atoms in total. The molecule has 2 aromatic heterocycles. The van der Waals surface area contributed by atoms with Gasteiger partial charge in [-0.2, -0.15) is 5.26 Å². The molecule has 0 aliphatic carbocycles. The van der Waals surface area contributed by atoms with E-state index in [0.717, 1.165) is 15.7 Å². The molecule has 0 bridgehead atoms. The number of nitrogens with zero attached hydrogens (tertiary/aromatic N) is 3. The number of hydrogen-bond donors (Lipinski definition) is 0. The highest BCUT2D eigenvalue weighted by Crippen LogP contribution is 2.25. The highest BCUT2D eigenvalue weighted by atomic mass is 16.3. The normalized spacial score (nSPS) is 11.1. The van der Waals surface area contributed by atoms with Gasteiger partial charge in [-0.1, -0.05) is 18.2 Å². The van der Waals surface area contributed by atoms with Crippen molar-refractivity contribution in [3.8, 4) is 11.8 Å². The minimum absolute atomic E-state index is 0.0696. The van der Waals surface area contributed by atoms with Crippen molar-refractivity contribution in [2.24, 2.45) is 0 Å². The standard InChI is InChI=1S/C20H15N3O3/c1-12-9-13(2)11-14(10-12)23-19(24)18-17(22(8-7-21)20(23)25)15-5-3-4-6-16(15)26-18/h3-6,9-11H,8H2,1-2H3. The summed E-state index contributed by atoms with van der Waals surface area (Å²) >= 11 is 0. The van der Waals surface area contributed by atoms with Crippen LogP contribution in [0, 0.1) is 25.2 Å². The van der Waals surface area contributed by atoms with E-state index in [0.29, 0.717) is 22.2 Å². The SMILES string of the molecule is Cc1cc(C)cc(-n2c(=O)c3oc4ccccc4c3n(CC#N)c2=O)c1. The van der Waals surface area contributed by atoms with E-state index in [1.165, 1.54) is 4.57 Å². The molecule has 0 amide bonds. The highest BCUT2D eigenvalue weighted by molar-refractivity contribution is 6.02. The summed E-state index contributed by atoms with van der Waals surface area (Å²) in [6.45, 7) is 3.62. The van der Waals surface area contributed by atoms with Crippen molar-refractivity contribution in [1.82, 2.24) is 9.13 Å². The molecule has 0 spiro atoms. The third kappa shape index (κ3) is 2.25. The largest absolute Gasteiger partial charge is 0.449 e. The van der Waals surface area contributed by atoms with E-state index >= 15 is 0 Å². The second-order valence-electron chi connectivity index (χ2n) is 6.29. The van der Waals surface area contributed by atoms with Gasteiger partial charge in [-0.3, -0.25) is 9.36 Å². The van der Waals surface area contributed by atoms with Gasteiger partial charge in [0.1, 0.15) is 17.6 Å². The Hall–Kier alpha value is -3.59. The van der Waals surface area contributed by atoms with Crippen LogP contribution in [0.5, 0.6) is 0 Å². The van der Waals surface area contributed by atoms with Crippen molar-refractivity contribution in [3.05, 3.63) is 74.4 Å². The van der Waals surface area contributed by atoms with Crippen molar-refractivity contribution in [3.63, 3.8) is 0 Å². The lowest BCUT2D eigenvalue weighted by atomic mass is 10.1. The van der Waals surface area contributed by atoms with E-state index in [9.17, 15) is 14.9 Å². The molecule has 0 saturated carbocycles. The Kier molecular flexibility index (Phi) is 3.51. The quantitative estimate of drug-likeness (QED) is 0.559. The van der Waals surface area contributed by atoms with Gasteiger partial charge in [0.15, 0.2) is 0 Å². The van der Waals surface area contributed by atoms with Gasteiger partial charge in [-0.15, -0.1) is 0 Å². The maximum atomic E-state index is 13.1. The molecule has 0 N–H and O–H groups in total. The summed E-state index contributed by atoms with van der Waals surface area (Å²) in [4.78, 5) is 26.2. The number of aryl methyl sites for hydroxylation is 2. The van der Waals surface area contributed by atoms with Crippen molar-refractivity contribution in [2.75, 3.05) is 0 Å². The topological polar surface area (TPSA) is 80.9 Å². The first-order chi connectivity index (χ1) is 12.5. The van der Waals surface area contributed by atoms with Crippen LogP contribution in [0.25, 0.3) is 27.8 Å². The first-order valence-corrected chi connectivity index (χ1v) is 8.14. The van der Waals surface area contributed by atoms with Crippen LogP contribution in [0.1, 0.15) is 11.1 Å². The highest BCUT2D eigenvalue weighted by Gasteiger charge is 2.20. The van der Waals surface area contributed by atoms with Crippen LogP contribution >= 0.6 is 0 Å². The number of fused-ring (bicyclic) bond motifs is 3. The first kappa shape index (κ1) is 15.9. The summed E-state index contributed by atoms with van der Waals surface area (Å²) in [6, 6.07) is 14.6. The average molecular weight is 345 g/mol. The molecule has 4 rings (SSSR count). The van der Waals surface area contributed by atoms with E-state index in [-0.39, 0.29) is 12.1 Å². The van der Waals surface area contributed by atoms with Crippen molar-refractivity contribution >= 4 is 22.1 Å². The number of aromatic nitrogens is 2. The molecule has 0 aliphatic rings. The summed E-state index contributed by atoms with van der Waals surface area (Å²) in [7, 11) is 0. The number of furan rings is 1.